The summed E-state index contributed by atoms with van der Waals surface area (Å²) in [6, 6.07) is -0.887. The smallest absolute Gasteiger partial charge is 0.326 e. The van der Waals surface area contributed by atoms with Gasteiger partial charge in [-0.3, -0.25) is 4.79 Å². The third-order valence-electron chi connectivity index (χ3n) is 4.26. The second kappa shape index (κ2) is 4.85. The maximum atomic E-state index is 12.2. The van der Waals surface area contributed by atoms with Crippen LogP contribution in [0.5, 0.6) is 0 Å². The van der Waals surface area contributed by atoms with E-state index in [-0.39, 0.29) is 24.3 Å². The number of aliphatic hydroxyl groups excluding tert-OH is 1. The first-order valence-electron chi connectivity index (χ1n) is 6.38. The maximum absolute atomic E-state index is 12.2. The van der Waals surface area contributed by atoms with E-state index < -0.39 is 18.1 Å². The van der Waals surface area contributed by atoms with Crippen molar-refractivity contribution in [1.82, 2.24) is 4.90 Å². The van der Waals surface area contributed by atoms with Crippen LogP contribution in [0.3, 0.4) is 0 Å². The van der Waals surface area contributed by atoms with E-state index in [0.717, 1.165) is 19.3 Å². The summed E-state index contributed by atoms with van der Waals surface area (Å²) in [6.45, 7) is 0.587. The van der Waals surface area contributed by atoms with Crippen LogP contribution in [0.25, 0.3) is 0 Å². The van der Waals surface area contributed by atoms with Gasteiger partial charge in [0.2, 0.25) is 5.91 Å². The maximum Gasteiger partial charge on any atom is 0.326 e. The van der Waals surface area contributed by atoms with E-state index in [0.29, 0.717) is 13.0 Å². The Bertz CT molecular complexity index is 348. The third-order valence-corrected chi connectivity index (χ3v) is 4.26. The lowest BCUT2D eigenvalue weighted by Gasteiger charge is -2.41. The summed E-state index contributed by atoms with van der Waals surface area (Å²) in [5, 5.41) is 18.6. The number of amides is 1. The minimum absolute atomic E-state index is 0.121. The van der Waals surface area contributed by atoms with Crippen molar-refractivity contribution in [2.75, 3.05) is 13.1 Å². The molecule has 6 heteroatoms. The number of β-amino-alcohol motifs (C(OH)–C–C–N with tert-alkyl or cyclic N) is 1. The van der Waals surface area contributed by atoms with Gasteiger partial charge < -0.3 is 20.8 Å². The number of hydrogen-bond donors (Lipinski definition) is 3. The van der Waals surface area contributed by atoms with E-state index in [1.807, 2.05) is 0 Å². The molecule has 2 aliphatic rings. The molecular formula is C12H20N2O4. The number of carbonyl (C=O) groups excluding carboxylic acids is 1. The summed E-state index contributed by atoms with van der Waals surface area (Å²) in [4.78, 5) is 24.5. The zero-order valence-electron chi connectivity index (χ0n) is 10.3. The molecule has 0 aromatic rings. The van der Waals surface area contributed by atoms with Gasteiger partial charge in [-0.2, -0.15) is 0 Å². The lowest BCUT2D eigenvalue weighted by Crippen LogP contribution is -2.46. The van der Waals surface area contributed by atoms with Crippen molar-refractivity contribution in [1.29, 1.82) is 0 Å². The van der Waals surface area contributed by atoms with Crippen LogP contribution in [-0.2, 0) is 9.59 Å². The standard InChI is InChI=1S/C12H20N2O4/c13-7-12(2-1-3-12)5-10(16)14-6-8(15)4-9(14)11(17)18/h8-9,15H,1-7,13H2,(H,17,18)/t8-,9-/m0/s1. The third kappa shape index (κ3) is 2.35. The first kappa shape index (κ1) is 13.3. The highest BCUT2D eigenvalue weighted by Crippen LogP contribution is 2.43. The van der Waals surface area contributed by atoms with Crippen LogP contribution in [0, 0.1) is 5.41 Å². The first-order chi connectivity index (χ1) is 8.47. The summed E-state index contributed by atoms with van der Waals surface area (Å²) in [5.74, 6) is -1.24. The first-order valence-corrected chi connectivity index (χ1v) is 6.38. The fourth-order valence-electron chi connectivity index (χ4n) is 2.88. The van der Waals surface area contributed by atoms with Gasteiger partial charge >= 0.3 is 5.97 Å². The van der Waals surface area contributed by atoms with E-state index in [4.69, 9.17) is 10.8 Å². The average Bonchev–Trinajstić information content (AvgIpc) is 2.66. The number of carbonyl (C=O) groups is 2. The second-order valence-electron chi connectivity index (χ2n) is 5.52. The summed E-state index contributed by atoms with van der Waals surface area (Å²) in [6.07, 6.45) is 2.64. The number of hydrogen-bond acceptors (Lipinski definition) is 4. The molecule has 1 amide bonds. The number of nitrogens with zero attached hydrogens (tertiary/aromatic N) is 1. The van der Waals surface area contributed by atoms with E-state index in [1.165, 1.54) is 4.90 Å². The molecule has 1 heterocycles. The zero-order valence-corrected chi connectivity index (χ0v) is 10.3. The molecule has 18 heavy (non-hydrogen) atoms. The van der Waals surface area contributed by atoms with Gasteiger partial charge in [-0.25, -0.2) is 4.79 Å². The Hall–Kier alpha value is -1.14. The van der Waals surface area contributed by atoms with Gasteiger partial charge in [0, 0.05) is 19.4 Å². The molecule has 0 unspecified atom stereocenters. The van der Waals surface area contributed by atoms with Gasteiger partial charge in [0.25, 0.3) is 0 Å². The van der Waals surface area contributed by atoms with Crippen molar-refractivity contribution >= 4 is 11.9 Å². The molecule has 6 nitrogen and oxygen atoms in total. The largest absolute Gasteiger partial charge is 0.480 e. The Morgan fingerprint density at radius 2 is 2.06 bits per heavy atom. The molecule has 0 aromatic carbocycles. The van der Waals surface area contributed by atoms with Crippen LogP contribution in [0.1, 0.15) is 32.1 Å². The van der Waals surface area contributed by atoms with Crippen LogP contribution in [0.2, 0.25) is 0 Å². The highest BCUT2D eigenvalue weighted by Gasteiger charge is 2.43. The number of aliphatic carboxylic acids is 1. The molecule has 0 aromatic heterocycles. The molecule has 0 spiro atoms. The molecule has 1 aliphatic carbocycles. The molecule has 2 fully saturated rings. The minimum atomic E-state index is -1.05. The van der Waals surface area contributed by atoms with Crippen LogP contribution < -0.4 is 5.73 Å². The number of aliphatic hydroxyl groups is 1. The Balaban J connectivity index is 2.01. The van der Waals surface area contributed by atoms with Crippen LogP contribution in [0.15, 0.2) is 0 Å². The number of rotatable bonds is 4. The predicted octanol–water partition coefficient (Wildman–Crippen LogP) is -0.448. The molecule has 2 rings (SSSR count). The van der Waals surface area contributed by atoms with Gasteiger partial charge in [0.1, 0.15) is 6.04 Å². The van der Waals surface area contributed by atoms with Gasteiger partial charge in [-0.15, -0.1) is 0 Å². The average molecular weight is 256 g/mol. The van der Waals surface area contributed by atoms with Crippen LogP contribution in [0.4, 0.5) is 0 Å². The molecule has 0 bridgehead atoms. The number of nitrogens with two attached hydrogens (primary N) is 1. The Labute approximate surface area is 106 Å². The lowest BCUT2D eigenvalue weighted by molar-refractivity contribution is -0.149. The van der Waals surface area contributed by atoms with Gasteiger partial charge in [-0.05, 0) is 24.8 Å². The minimum Gasteiger partial charge on any atom is -0.480 e. The van der Waals surface area contributed by atoms with Gasteiger partial charge in [0.15, 0.2) is 0 Å². The van der Waals surface area contributed by atoms with Crippen molar-refractivity contribution < 1.29 is 19.8 Å². The lowest BCUT2D eigenvalue weighted by atomic mass is 9.66. The molecular weight excluding hydrogens is 236 g/mol. The fraction of sp³-hybridized carbons (Fsp3) is 0.833. The van der Waals surface area contributed by atoms with Crippen LogP contribution >= 0.6 is 0 Å². The van der Waals surface area contributed by atoms with Crippen molar-refractivity contribution in [3.8, 4) is 0 Å². The quantitative estimate of drug-likeness (QED) is 0.632. The Kier molecular flexibility index (Phi) is 3.59. The van der Waals surface area contributed by atoms with Crippen molar-refractivity contribution in [3.63, 3.8) is 0 Å². The normalized spacial score (nSPS) is 30.0. The number of carboxylic acid groups (broad SMARTS) is 1. The summed E-state index contributed by atoms with van der Waals surface area (Å²) >= 11 is 0. The summed E-state index contributed by atoms with van der Waals surface area (Å²) in [7, 11) is 0. The molecule has 1 aliphatic heterocycles. The molecule has 1 saturated heterocycles. The van der Waals surface area contributed by atoms with Gasteiger partial charge in [0.05, 0.1) is 6.10 Å². The SMILES string of the molecule is NCC1(CC(=O)N2C[C@@H](O)C[C@H]2C(=O)O)CCC1. The predicted molar refractivity (Wildman–Crippen MR) is 63.7 cm³/mol. The van der Waals surface area contributed by atoms with Gasteiger partial charge in [-0.1, -0.05) is 6.42 Å². The fourth-order valence-corrected chi connectivity index (χ4v) is 2.88. The second-order valence-corrected chi connectivity index (χ2v) is 5.52. The van der Waals surface area contributed by atoms with Crippen molar-refractivity contribution in [2.45, 2.75) is 44.2 Å². The van der Waals surface area contributed by atoms with Crippen LogP contribution in [-0.4, -0.2) is 52.2 Å². The van der Waals surface area contributed by atoms with E-state index in [9.17, 15) is 14.7 Å². The van der Waals surface area contributed by atoms with E-state index in [2.05, 4.69) is 0 Å². The topological polar surface area (TPSA) is 104 Å². The van der Waals surface area contributed by atoms with Crippen molar-refractivity contribution in [3.05, 3.63) is 0 Å². The van der Waals surface area contributed by atoms with E-state index in [1.54, 1.807) is 0 Å². The Morgan fingerprint density at radius 1 is 1.39 bits per heavy atom. The summed E-state index contributed by atoms with van der Waals surface area (Å²) in [5.41, 5.74) is 5.57. The molecule has 0 radical (unpaired) electrons. The van der Waals surface area contributed by atoms with Crippen molar-refractivity contribution in [2.24, 2.45) is 11.1 Å². The summed E-state index contributed by atoms with van der Waals surface area (Å²) < 4.78 is 0. The Morgan fingerprint density at radius 3 is 2.50 bits per heavy atom. The molecule has 2 atom stereocenters. The zero-order chi connectivity index (χ0) is 13.3. The highest BCUT2D eigenvalue weighted by atomic mass is 16.4. The van der Waals surface area contributed by atoms with E-state index >= 15 is 0 Å². The highest BCUT2D eigenvalue weighted by molar-refractivity contribution is 5.85. The molecule has 102 valence electrons. The molecule has 4 N–H and O–H groups in total. The molecule has 1 saturated carbocycles. The monoisotopic (exact) mass is 256 g/mol. The number of likely N-dealkylation sites (tertiary alicyclic amines) is 1. The number of carboxylic acids is 1.